The molecule has 4 rings (SSSR count). The summed E-state index contributed by atoms with van der Waals surface area (Å²) < 4.78 is 0. The average Bonchev–Trinajstić information content (AvgIpc) is 2.88. The van der Waals surface area contributed by atoms with E-state index in [1.807, 2.05) is 24.3 Å². The maximum atomic E-state index is 11.2. The van der Waals surface area contributed by atoms with Crippen LogP contribution in [-0.2, 0) is 32.4 Å². The fourth-order valence-electron chi connectivity index (χ4n) is 4.97. The molecule has 1 N–H and O–H groups in total. The fourth-order valence-corrected chi connectivity index (χ4v) is 4.97. The number of pyridine rings is 1. The van der Waals surface area contributed by atoms with Crippen LogP contribution in [0.4, 0.5) is 5.69 Å². The zero-order valence-corrected chi connectivity index (χ0v) is 29.3. The van der Waals surface area contributed by atoms with E-state index in [1.165, 1.54) is 11.1 Å². The van der Waals surface area contributed by atoms with E-state index in [4.69, 9.17) is 10.3 Å². The van der Waals surface area contributed by atoms with Gasteiger partial charge in [-0.15, -0.1) is 5.69 Å². The van der Waals surface area contributed by atoms with Crippen LogP contribution < -0.4 is 0 Å². The zero-order valence-electron chi connectivity index (χ0n) is 25.7. The molecule has 1 aromatic heterocycles. The smallest absolute Gasteiger partial charge is 0.126 e. The van der Waals surface area contributed by atoms with Crippen molar-refractivity contribution >= 4 is 5.69 Å². The van der Waals surface area contributed by atoms with E-state index in [2.05, 4.69) is 97.0 Å². The number of para-hydroxylation sites is 1. The molecule has 3 aromatic carbocycles. The minimum absolute atomic E-state index is 0. The Balaban J connectivity index is 0.00000267. The van der Waals surface area contributed by atoms with E-state index in [9.17, 15) is 5.11 Å². The molecule has 0 unspecified atom stereocenters. The van der Waals surface area contributed by atoms with Gasteiger partial charge in [0.25, 0.3) is 0 Å². The van der Waals surface area contributed by atoms with Crippen molar-refractivity contribution in [2.75, 3.05) is 0 Å². The topological polar surface area (TPSA) is 47.2 Å². The van der Waals surface area contributed by atoms with E-state index < -0.39 is 0 Å². The summed E-state index contributed by atoms with van der Waals surface area (Å²) in [7, 11) is 0. The van der Waals surface area contributed by atoms with Crippen molar-refractivity contribution < 1.29 is 30.9 Å². The van der Waals surface area contributed by atoms with Crippen molar-refractivity contribution in [2.45, 2.75) is 72.8 Å². The van der Waals surface area contributed by atoms with Crippen LogP contribution in [0.15, 0.2) is 72.8 Å². The summed E-state index contributed by atoms with van der Waals surface area (Å²) in [6, 6.07) is 25.0. The first-order valence-corrected chi connectivity index (χ1v) is 13.4. The van der Waals surface area contributed by atoms with E-state index in [0.717, 1.165) is 44.9 Å². The number of hydrogen-bond donors (Lipinski definition) is 1. The van der Waals surface area contributed by atoms with E-state index in [0.29, 0.717) is 24.1 Å². The van der Waals surface area contributed by atoms with Gasteiger partial charge in [0, 0.05) is 42.7 Å². The fraction of sp³-hybridized carbons (Fsp3) is 0.306. The number of rotatable bonds is 8. The molecule has 0 saturated heterocycles. The van der Waals surface area contributed by atoms with Crippen molar-refractivity contribution in [1.29, 1.82) is 0 Å². The van der Waals surface area contributed by atoms with E-state index >= 15 is 0 Å². The van der Waals surface area contributed by atoms with Crippen molar-refractivity contribution in [2.24, 2.45) is 0 Å². The van der Waals surface area contributed by atoms with Crippen LogP contribution >= 0.6 is 0 Å². The standard InChI is InChI=1S/C34H39N2O.2CH3.Hf/c1-21(2)26-15-11-16-27(22(3)4)33(26)35-20-25-12-10-17-32(36-25)29-14-9-8-13-28(29)31-19-24(7)18-30(23(5)6)34(31)37;;;/h8-19,21-23H,20H2,1-7H3,(H,36,37);2*1H3;/q3*-1;. The molecule has 0 spiro atoms. The molecule has 0 radical (unpaired) electrons. The number of phenols is 1. The molecule has 4 aromatic rings. The third-order valence-corrected chi connectivity index (χ3v) is 6.95. The first-order valence-electron chi connectivity index (χ1n) is 13.4. The Bertz CT molecular complexity index is 1370. The molecular formula is C36H45HfN2O-3. The van der Waals surface area contributed by atoms with Crippen LogP contribution in [0.1, 0.15) is 87.2 Å². The predicted octanol–water partition coefficient (Wildman–Crippen LogP) is 10.9. The Morgan fingerprint density at radius 2 is 1.23 bits per heavy atom. The van der Waals surface area contributed by atoms with Gasteiger partial charge in [-0.25, -0.2) is 0 Å². The Morgan fingerprint density at radius 1 is 0.675 bits per heavy atom. The summed E-state index contributed by atoms with van der Waals surface area (Å²) in [6.07, 6.45) is 0. The number of aryl methyl sites for hydroxylation is 1. The molecule has 0 saturated carbocycles. The molecule has 0 atom stereocenters. The van der Waals surface area contributed by atoms with Crippen molar-refractivity contribution in [3.63, 3.8) is 0 Å². The molecule has 1 heterocycles. The summed E-state index contributed by atoms with van der Waals surface area (Å²) >= 11 is 0. The molecular weight excluding hydrogens is 655 g/mol. The molecule has 0 amide bonds. The second-order valence-corrected chi connectivity index (χ2v) is 10.9. The first-order chi connectivity index (χ1) is 17.7. The first kappa shape index (κ1) is 35.3. The van der Waals surface area contributed by atoms with Crippen LogP contribution in [0.25, 0.3) is 27.7 Å². The second-order valence-electron chi connectivity index (χ2n) is 10.9. The number of hydrogen-bond acceptors (Lipinski definition) is 2. The number of aromatic hydroxyl groups is 1. The van der Waals surface area contributed by atoms with Gasteiger partial charge in [0.05, 0.1) is 5.69 Å². The Hall–Kier alpha value is -2.72. The summed E-state index contributed by atoms with van der Waals surface area (Å²) in [5.74, 6) is 1.40. The van der Waals surface area contributed by atoms with E-state index in [-0.39, 0.29) is 46.6 Å². The SMILES string of the molecule is Cc1cc(-c2ccccc2-c2cccc(C[N-]c3c(C(C)C)cccc3C(C)C)n2)c(O)c(C(C)C)c1.[CH3-].[CH3-].[Hf]. The van der Waals surface area contributed by atoms with Gasteiger partial charge in [-0.05, 0) is 59.6 Å². The van der Waals surface area contributed by atoms with Gasteiger partial charge in [-0.1, -0.05) is 114 Å². The van der Waals surface area contributed by atoms with Gasteiger partial charge in [-0.3, -0.25) is 4.98 Å². The molecule has 40 heavy (non-hydrogen) atoms. The van der Waals surface area contributed by atoms with Crippen LogP contribution in [-0.4, -0.2) is 10.1 Å². The van der Waals surface area contributed by atoms with Crippen molar-refractivity contribution in [1.82, 2.24) is 4.98 Å². The molecule has 0 bridgehead atoms. The van der Waals surface area contributed by atoms with Gasteiger partial charge >= 0.3 is 0 Å². The minimum atomic E-state index is 0. The largest absolute Gasteiger partial charge is 0.679 e. The monoisotopic (exact) mass is 701 g/mol. The van der Waals surface area contributed by atoms with Gasteiger partial charge < -0.3 is 25.3 Å². The molecule has 4 heteroatoms. The van der Waals surface area contributed by atoms with Crippen LogP contribution in [0, 0.1) is 21.8 Å². The molecule has 0 aliphatic heterocycles. The molecule has 0 aliphatic rings. The average molecular weight is 700 g/mol. The normalized spacial score (nSPS) is 10.7. The van der Waals surface area contributed by atoms with Crippen LogP contribution in [0.3, 0.4) is 0 Å². The zero-order chi connectivity index (χ0) is 26.7. The third-order valence-electron chi connectivity index (χ3n) is 6.95. The predicted molar refractivity (Wildman–Crippen MR) is 170 cm³/mol. The minimum Gasteiger partial charge on any atom is -0.679 e. The van der Waals surface area contributed by atoms with Crippen molar-refractivity contribution in [3.8, 4) is 28.1 Å². The number of nitrogens with zero attached hydrogens (tertiary/aromatic N) is 2. The Labute approximate surface area is 262 Å². The molecule has 3 nitrogen and oxygen atoms in total. The number of phenolic OH excluding ortho intramolecular Hbond substituents is 1. The maximum absolute atomic E-state index is 11.2. The maximum Gasteiger partial charge on any atom is 0.126 e. The molecule has 0 aliphatic carbocycles. The van der Waals surface area contributed by atoms with Crippen LogP contribution in [0.2, 0.25) is 0 Å². The molecule has 0 fully saturated rings. The summed E-state index contributed by atoms with van der Waals surface area (Å²) in [6.45, 7) is 15.7. The van der Waals surface area contributed by atoms with E-state index in [1.54, 1.807) is 0 Å². The summed E-state index contributed by atoms with van der Waals surface area (Å²) in [5.41, 5.74) is 10.4. The van der Waals surface area contributed by atoms with Gasteiger partial charge in [0.2, 0.25) is 0 Å². The van der Waals surface area contributed by atoms with Gasteiger partial charge in [-0.2, -0.15) is 0 Å². The Kier molecular flexibility index (Phi) is 13.5. The van der Waals surface area contributed by atoms with Crippen LogP contribution in [0.5, 0.6) is 5.75 Å². The summed E-state index contributed by atoms with van der Waals surface area (Å²) in [5, 5.41) is 16.3. The third kappa shape index (κ3) is 7.72. The number of benzene rings is 3. The second kappa shape index (κ2) is 15.3. The molecule has 212 valence electrons. The van der Waals surface area contributed by atoms with Gasteiger partial charge in [0.1, 0.15) is 5.75 Å². The quantitative estimate of drug-likeness (QED) is 0.147. The van der Waals surface area contributed by atoms with Crippen molar-refractivity contribution in [3.05, 3.63) is 121 Å². The summed E-state index contributed by atoms with van der Waals surface area (Å²) in [4.78, 5) is 5.03. The Morgan fingerprint density at radius 3 is 1.80 bits per heavy atom. The van der Waals surface area contributed by atoms with Gasteiger partial charge in [0.15, 0.2) is 0 Å². The number of aromatic nitrogens is 1.